The molecule has 1 unspecified atom stereocenters. The molecule has 0 spiro atoms. The van der Waals surface area contributed by atoms with Gasteiger partial charge < -0.3 is 9.30 Å². The van der Waals surface area contributed by atoms with E-state index in [0.717, 1.165) is 12.5 Å². The van der Waals surface area contributed by atoms with E-state index >= 15 is 0 Å². The second-order valence-corrected chi connectivity index (χ2v) is 7.86. The summed E-state index contributed by atoms with van der Waals surface area (Å²) in [6.07, 6.45) is -2.77. The van der Waals surface area contributed by atoms with Gasteiger partial charge in [-0.2, -0.15) is 13.2 Å². The number of nitrogens with zero attached hydrogens (tertiary/aromatic N) is 1. The number of ether oxygens (including phenoxy) is 1. The number of methoxy groups -OCH3 is 1. The molecule has 31 heavy (non-hydrogen) atoms. The molecular formula is C24H22F3NO3. The van der Waals surface area contributed by atoms with Gasteiger partial charge in [0, 0.05) is 29.6 Å². The second kappa shape index (κ2) is 7.87. The van der Waals surface area contributed by atoms with Crippen molar-refractivity contribution >= 4 is 22.7 Å². The molecule has 1 aromatic heterocycles. The Morgan fingerprint density at radius 1 is 1.13 bits per heavy atom. The number of hydrogen-bond donors (Lipinski definition) is 0. The average molecular weight is 429 g/mol. The summed E-state index contributed by atoms with van der Waals surface area (Å²) in [6.45, 7) is 1.95. The van der Waals surface area contributed by atoms with Gasteiger partial charge in [0.25, 0.3) is 0 Å². The molecule has 0 radical (unpaired) electrons. The van der Waals surface area contributed by atoms with Crippen LogP contribution >= 0.6 is 0 Å². The summed E-state index contributed by atoms with van der Waals surface area (Å²) in [5.41, 5.74) is 1.35. The maximum atomic E-state index is 13.6. The minimum atomic E-state index is -4.49. The zero-order valence-electron chi connectivity index (χ0n) is 17.3. The largest absolute Gasteiger partial charge is 0.465 e. The van der Waals surface area contributed by atoms with Crippen molar-refractivity contribution in [2.24, 2.45) is 5.92 Å². The number of hydrogen-bond acceptors (Lipinski definition) is 3. The summed E-state index contributed by atoms with van der Waals surface area (Å²) in [5, 5.41) is 0.466. The van der Waals surface area contributed by atoms with Crippen molar-refractivity contribution in [1.82, 2.24) is 4.57 Å². The molecule has 0 saturated heterocycles. The minimum Gasteiger partial charge on any atom is -0.465 e. The van der Waals surface area contributed by atoms with Crippen molar-refractivity contribution in [3.05, 3.63) is 70.4 Å². The van der Waals surface area contributed by atoms with Crippen molar-refractivity contribution in [1.29, 1.82) is 0 Å². The van der Waals surface area contributed by atoms with Crippen LogP contribution in [0.3, 0.4) is 0 Å². The Kier molecular flexibility index (Phi) is 5.37. The third-order valence-electron chi connectivity index (χ3n) is 6.07. The molecule has 7 heteroatoms. The fraction of sp³-hybridized carbons (Fsp3) is 0.333. The van der Waals surface area contributed by atoms with E-state index in [-0.39, 0.29) is 29.4 Å². The van der Waals surface area contributed by atoms with Crippen molar-refractivity contribution in [2.45, 2.75) is 38.9 Å². The lowest BCUT2D eigenvalue weighted by Gasteiger charge is -2.23. The smallest absolute Gasteiger partial charge is 0.416 e. The van der Waals surface area contributed by atoms with Gasteiger partial charge in [-0.05, 0) is 36.1 Å². The van der Waals surface area contributed by atoms with Crippen LogP contribution in [0, 0.1) is 5.92 Å². The Morgan fingerprint density at radius 2 is 1.87 bits per heavy atom. The van der Waals surface area contributed by atoms with Crippen LogP contribution in [-0.4, -0.2) is 23.4 Å². The van der Waals surface area contributed by atoms with Crippen molar-refractivity contribution in [3.8, 4) is 0 Å². The van der Waals surface area contributed by atoms with Crippen LogP contribution in [-0.2, 0) is 23.9 Å². The Labute approximate surface area is 177 Å². The summed E-state index contributed by atoms with van der Waals surface area (Å²) >= 11 is 0. The molecule has 2 aromatic carbocycles. The van der Waals surface area contributed by atoms with Crippen molar-refractivity contribution in [3.63, 3.8) is 0 Å². The van der Waals surface area contributed by atoms with E-state index in [1.807, 2.05) is 6.92 Å². The quantitative estimate of drug-likeness (QED) is 0.504. The first-order valence-electron chi connectivity index (χ1n) is 10.2. The first kappa shape index (κ1) is 21.2. The normalized spacial score (nSPS) is 16.4. The molecule has 0 N–H and O–H groups in total. The summed E-state index contributed by atoms with van der Waals surface area (Å²) in [7, 11) is 1.26. The predicted octanol–water partition coefficient (Wildman–Crippen LogP) is 5.65. The lowest BCUT2D eigenvalue weighted by Crippen LogP contribution is -2.22. The second-order valence-electron chi connectivity index (χ2n) is 7.86. The van der Waals surface area contributed by atoms with Gasteiger partial charge in [0.15, 0.2) is 5.78 Å². The molecule has 162 valence electrons. The molecule has 0 fully saturated rings. The van der Waals surface area contributed by atoms with Gasteiger partial charge in [-0.1, -0.05) is 37.6 Å². The highest BCUT2D eigenvalue weighted by Crippen LogP contribution is 2.39. The predicted molar refractivity (Wildman–Crippen MR) is 110 cm³/mol. The fourth-order valence-electron chi connectivity index (χ4n) is 4.53. The number of halogens is 3. The van der Waals surface area contributed by atoms with Crippen LogP contribution in [0.25, 0.3) is 10.9 Å². The van der Waals surface area contributed by atoms with Crippen LogP contribution in [0.5, 0.6) is 0 Å². The SMILES string of the molecule is CCC1CC(=O)c2c(n(Cc3ccccc3C(F)(F)F)c3cccc(C(=O)OC)c23)C1. The molecule has 0 bridgehead atoms. The van der Waals surface area contributed by atoms with E-state index in [0.29, 0.717) is 35.0 Å². The standard InChI is InChI=1S/C24H22F3NO3/c1-3-14-11-19-22(20(29)12-14)21-16(23(30)31-2)8-6-10-18(21)28(19)13-15-7-4-5-9-17(15)24(25,26)27/h4-10,14H,3,11-13H2,1-2H3. The molecule has 1 aliphatic carbocycles. The van der Waals surface area contributed by atoms with Gasteiger partial charge in [-0.3, -0.25) is 4.79 Å². The van der Waals surface area contributed by atoms with Gasteiger partial charge in [0.2, 0.25) is 0 Å². The van der Waals surface area contributed by atoms with E-state index < -0.39 is 17.7 Å². The molecule has 1 atom stereocenters. The van der Waals surface area contributed by atoms with Gasteiger partial charge in [0.05, 0.1) is 23.8 Å². The number of esters is 1. The van der Waals surface area contributed by atoms with Crippen LogP contribution in [0.1, 0.15) is 57.3 Å². The van der Waals surface area contributed by atoms with Gasteiger partial charge in [-0.15, -0.1) is 0 Å². The number of Topliss-reactive ketones (excluding diaryl/α,β-unsaturated/α-hetero) is 1. The van der Waals surface area contributed by atoms with Crippen LogP contribution in [0.4, 0.5) is 13.2 Å². The van der Waals surface area contributed by atoms with E-state index in [4.69, 9.17) is 4.74 Å². The number of aromatic nitrogens is 1. The number of alkyl halides is 3. The average Bonchev–Trinajstić information content (AvgIpc) is 3.06. The number of carbonyl (C=O) groups is 2. The van der Waals surface area contributed by atoms with Gasteiger partial charge in [0.1, 0.15) is 0 Å². The molecule has 1 heterocycles. The Hall–Kier alpha value is -3.09. The fourth-order valence-corrected chi connectivity index (χ4v) is 4.53. The first-order chi connectivity index (χ1) is 14.8. The Morgan fingerprint density at radius 3 is 2.55 bits per heavy atom. The number of ketones is 1. The lowest BCUT2D eigenvalue weighted by molar-refractivity contribution is -0.138. The number of carbonyl (C=O) groups excluding carboxylic acids is 2. The van der Waals surface area contributed by atoms with E-state index in [9.17, 15) is 22.8 Å². The van der Waals surface area contributed by atoms with Crippen LogP contribution in [0.2, 0.25) is 0 Å². The van der Waals surface area contributed by atoms with Crippen LogP contribution in [0.15, 0.2) is 42.5 Å². The van der Waals surface area contributed by atoms with E-state index in [1.165, 1.54) is 19.2 Å². The molecule has 3 aromatic rings. The summed E-state index contributed by atoms with van der Waals surface area (Å²) < 4.78 is 47.5. The third kappa shape index (κ3) is 3.62. The zero-order chi connectivity index (χ0) is 22.3. The molecular weight excluding hydrogens is 407 g/mol. The maximum absolute atomic E-state index is 13.6. The Bertz CT molecular complexity index is 1180. The van der Waals surface area contributed by atoms with Crippen LogP contribution < -0.4 is 0 Å². The van der Waals surface area contributed by atoms with Gasteiger partial charge in [-0.25, -0.2) is 4.79 Å². The number of benzene rings is 2. The zero-order valence-corrected chi connectivity index (χ0v) is 17.3. The van der Waals surface area contributed by atoms with Gasteiger partial charge >= 0.3 is 12.1 Å². The Balaban J connectivity index is 1.99. The molecule has 0 aliphatic heterocycles. The van der Waals surface area contributed by atoms with E-state index in [2.05, 4.69) is 0 Å². The lowest BCUT2D eigenvalue weighted by atomic mass is 9.83. The minimum absolute atomic E-state index is 0.0458. The molecule has 4 rings (SSSR count). The molecule has 0 saturated carbocycles. The highest BCUT2D eigenvalue weighted by atomic mass is 19.4. The number of fused-ring (bicyclic) bond motifs is 3. The topological polar surface area (TPSA) is 48.3 Å². The maximum Gasteiger partial charge on any atom is 0.416 e. The highest BCUT2D eigenvalue weighted by Gasteiger charge is 2.35. The summed E-state index contributed by atoms with van der Waals surface area (Å²) in [4.78, 5) is 25.5. The third-order valence-corrected chi connectivity index (χ3v) is 6.07. The summed E-state index contributed by atoms with van der Waals surface area (Å²) in [5.74, 6) is -0.550. The molecule has 4 nitrogen and oxygen atoms in total. The van der Waals surface area contributed by atoms with E-state index in [1.54, 1.807) is 28.8 Å². The first-order valence-corrected chi connectivity index (χ1v) is 10.2. The molecule has 0 amide bonds. The summed E-state index contributed by atoms with van der Waals surface area (Å²) in [6, 6.07) is 10.4. The molecule has 1 aliphatic rings. The van der Waals surface area contributed by atoms with Crippen molar-refractivity contribution < 1.29 is 27.5 Å². The highest BCUT2D eigenvalue weighted by molar-refractivity contribution is 6.16. The monoisotopic (exact) mass is 429 g/mol. The number of rotatable bonds is 4. The van der Waals surface area contributed by atoms with Crippen molar-refractivity contribution in [2.75, 3.05) is 7.11 Å².